The van der Waals surface area contributed by atoms with Crippen LogP contribution in [0.2, 0.25) is 0 Å². The third-order valence-electron chi connectivity index (χ3n) is 2.17. The highest BCUT2D eigenvalue weighted by atomic mass is 16.5. The number of nitrogens with zero attached hydrogens (tertiary/aromatic N) is 1. The summed E-state index contributed by atoms with van der Waals surface area (Å²) in [6.07, 6.45) is 5.22. The Balaban J connectivity index is 2.04. The molecule has 16 heavy (non-hydrogen) atoms. The van der Waals surface area contributed by atoms with E-state index in [-0.39, 0.29) is 5.76 Å². The van der Waals surface area contributed by atoms with Gasteiger partial charge >= 0.3 is 5.97 Å². The van der Waals surface area contributed by atoms with E-state index in [1.807, 2.05) is 24.5 Å². The minimum Gasteiger partial charge on any atom is -0.463 e. The Morgan fingerprint density at radius 1 is 1.50 bits per heavy atom. The molecule has 0 saturated heterocycles. The molecule has 2 rings (SSSR count). The summed E-state index contributed by atoms with van der Waals surface area (Å²) < 4.78 is 11.5. The molecule has 0 aliphatic rings. The zero-order valence-electron chi connectivity index (χ0n) is 8.84. The standard InChI is InChI=1S/C11H12N2O3/c1-15-11(14)10-9(4-7-16-10)8-12-13-5-2-3-6-13/h2-7,12H,8H2,1H3. The van der Waals surface area contributed by atoms with Crippen molar-refractivity contribution in [3.05, 3.63) is 48.2 Å². The second kappa shape index (κ2) is 4.57. The van der Waals surface area contributed by atoms with E-state index in [0.717, 1.165) is 5.56 Å². The summed E-state index contributed by atoms with van der Waals surface area (Å²) in [7, 11) is 1.33. The summed E-state index contributed by atoms with van der Waals surface area (Å²) in [4.78, 5) is 11.3. The van der Waals surface area contributed by atoms with E-state index in [2.05, 4.69) is 10.2 Å². The van der Waals surface area contributed by atoms with Gasteiger partial charge in [0.05, 0.1) is 19.9 Å². The van der Waals surface area contributed by atoms with Crippen LogP contribution in [0.15, 0.2) is 41.3 Å². The molecule has 2 heterocycles. The minimum absolute atomic E-state index is 0.238. The number of esters is 1. The molecule has 2 aromatic heterocycles. The number of carbonyl (C=O) groups excluding carboxylic acids is 1. The number of hydrogen-bond acceptors (Lipinski definition) is 4. The van der Waals surface area contributed by atoms with E-state index in [4.69, 9.17) is 4.42 Å². The number of aromatic nitrogens is 1. The maximum absolute atomic E-state index is 11.3. The van der Waals surface area contributed by atoms with Gasteiger partial charge in [-0.05, 0) is 18.2 Å². The van der Waals surface area contributed by atoms with E-state index >= 15 is 0 Å². The number of methoxy groups -OCH3 is 1. The van der Waals surface area contributed by atoms with Crippen molar-refractivity contribution < 1.29 is 13.9 Å². The van der Waals surface area contributed by atoms with E-state index in [9.17, 15) is 4.79 Å². The first kappa shape index (κ1) is 10.4. The van der Waals surface area contributed by atoms with Gasteiger partial charge in [-0.2, -0.15) is 0 Å². The Kier molecular flexibility index (Phi) is 2.95. The average Bonchev–Trinajstić information content (AvgIpc) is 2.96. The molecule has 0 atom stereocenters. The van der Waals surface area contributed by atoms with Gasteiger partial charge in [0.2, 0.25) is 5.76 Å². The molecule has 0 bridgehead atoms. The van der Waals surface area contributed by atoms with Gasteiger partial charge in [0.25, 0.3) is 0 Å². The Morgan fingerprint density at radius 2 is 2.25 bits per heavy atom. The summed E-state index contributed by atoms with van der Waals surface area (Å²) in [6, 6.07) is 5.55. The van der Waals surface area contributed by atoms with Crippen LogP contribution in [-0.4, -0.2) is 17.8 Å². The molecule has 0 amide bonds. The van der Waals surface area contributed by atoms with Crippen LogP contribution in [0.3, 0.4) is 0 Å². The number of rotatable bonds is 4. The molecule has 0 aromatic carbocycles. The maximum Gasteiger partial charge on any atom is 0.374 e. The third-order valence-corrected chi connectivity index (χ3v) is 2.17. The van der Waals surface area contributed by atoms with Gasteiger partial charge in [-0.25, -0.2) is 4.79 Å². The van der Waals surface area contributed by atoms with E-state index in [0.29, 0.717) is 6.54 Å². The topological polar surface area (TPSA) is 56.4 Å². The minimum atomic E-state index is -0.464. The predicted molar refractivity (Wildman–Crippen MR) is 57.5 cm³/mol. The zero-order chi connectivity index (χ0) is 11.4. The lowest BCUT2D eigenvalue weighted by Gasteiger charge is -2.06. The lowest BCUT2D eigenvalue weighted by molar-refractivity contribution is 0.0563. The van der Waals surface area contributed by atoms with Crippen molar-refractivity contribution in [2.24, 2.45) is 0 Å². The molecule has 0 aliphatic heterocycles. The van der Waals surface area contributed by atoms with Crippen LogP contribution in [0.1, 0.15) is 16.1 Å². The quantitative estimate of drug-likeness (QED) is 0.795. The van der Waals surface area contributed by atoms with E-state index < -0.39 is 5.97 Å². The SMILES string of the molecule is COC(=O)c1occc1CNn1cccc1. The molecule has 0 unspecified atom stereocenters. The first-order valence-electron chi connectivity index (χ1n) is 4.83. The maximum atomic E-state index is 11.3. The van der Waals surface area contributed by atoms with Gasteiger partial charge in [0.15, 0.2) is 0 Å². The van der Waals surface area contributed by atoms with Gasteiger partial charge in [-0.3, -0.25) is 4.68 Å². The van der Waals surface area contributed by atoms with Gasteiger partial charge in [0.1, 0.15) is 0 Å². The molecule has 2 aromatic rings. The second-order valence-electron chi connectivity index (χ2n) is 3.19. The average molecular weight is 220 g/mol. The highest BCUT2D eigenvalue weighted by Gasteiger charge is 2.15. The summed E-state index contributed by atoms with van der Waals surface area (Å²) in [6.45, 7) is 0.496. The number of carbonyl (C=O) groups is 1. The van der Waals surface area contributed by atoms with Gasteiger partial charge in [0, 0.05) is 18.0 Å². The van der Waals surface area contributed by atoms with Gasteiger partial charge in [-0.1, -0.05) is 0 Å². The first-order chi connectivity index (χ1) is 7.81. The molecule has 5 heteroatoms. The Morgan fingerprint density at radius 3 is 2.94 bits per heavy atom. The fraction of sp³-hybridized carbons (Fsp3) is 0.182. The van der Waals surface area contributed by atoms with Crippen molar-refractivity contribution in [2.45, 2.75) is 6.54 Å². The second-order valence-corrected chi connectivity index (χ2v) is 3.19. The van der Waals surface area contributed by atoms with Crippen molar-refractivity contribution in [3.8, 4) is 0 Å². The summed E-state index contributed by atoms with van der Waals surface area (Å²) in [5.41, 5.74) is 3.86. The van der Waals surface area contributed by atoms with Crippen LogP contribution in [0.25, 0.3) is 0 Å². The molecule has 0 fully saturated rings. The van der Waals surface area contributed by atoms with Gasteiger partial charge in [-0.15, -0.1) is 0 Å². The van der Waals surface area contributed by atoms with Crippen molar-refractivity contribution in [3.63, 3.8) is 0 Å². The van der Waals surface area contributed by atoms with Crippen LogP contribution >= 0.6 is 0 Å². The van der Waals surface area contributed by atoms with Crippen LogP contribution in [-0.2, 0) is 11.3 Å². The molecule has 1 N–H and O–H groups in total. The third kappa shape index (κ3) is 2.08. The molecule has 0 saturated carbocycles. The molecule has 0 radical (unpaired) electrons. The van der Waals surface area contributed by atoms with Gasteiger partial charge < -0.3 is 14.6 Å². The largest absolute Gasteiger partial charge is 0.463 e. The van der Waals surface area contributed by atoms with Crippen LogP contribution in [0.5, 0.6) is 0 Å². The van der Waals surface area contributed by atoms with E-state index in [1.54, 1.807) is 10.7 Å². The first-order valence-corrected chi connectivity index (χ1v) is 4.83. The fourth-order valence-corrected chi connectivity index (χ4v) is 1.36. The molecule has 0 aliphatic carbocycles. The molecule has 0 spiro atoms. The van der Waals surface area contributed by atoms with Crippen LogP contribution in [0.4, 0.5) is 0 Å². The summed E-state index contributed by atoms with van der Waals surface area (Å²) in [5, 5.41) is 0. The highest BCUT2D eigenvalue weighted by molar-refractivity contribution is 5.87. The number of ether oxygens (including phenoxy) is 1. The predicted octanol–water partition coefficient (Wildman–Crippen LogP) is 1.61. The Labute approximate surface area is 92.6 Å². The van der Waals surface area contributed by atoms with E-state index in [1.165, 1.54) is 13.4 Å². The Hall–Kier alpha value is -2.17. The molecular weight excluding hydrogens is 208 g/mol. The monoisotopic (exact) mass is 220 g/mol. The number of nitrogens with one attached hydrogen (secondary N) is 1. The summed E-state index contributed by atoms with van der Waals surface area (Å²) in [5.74, 6) is -0.225. The van der Waals surface area contributed by atoms with Crippen molar-refractivity contribution in [2.75, 3.05) is 12.5 Å². The summed E-state index contributed by atoms with van der Waals surface area (Å²) >= 11 is 0. The molecular formula is C11H12N2O3. The lowest BCUT2D eigenvalue weighted by atomic mass is 10.2. The van der Waals surface area contributed by atoms with Crippen LogP contribution < -0.4 is 5.43 Å². The van der Waals surface area contributed by atoms with Crippen molar-refractivity contribution in [1.82, 2.24) is 4.68 Å². The highest BCUT2D eigenvalue weighted by Crippen LogP contribution is 2.11. The lowest BCUT2D eigenvalue weighted by Crippen LogP contribution is -2.13. The zero-order valence-corrected chi connectivity index (χ0v) is 8.84. The van der Waals surface area contributed by atoms with Crippen molar-refractivity contribution in [1.29, 1.82) is 0 Å². The fourth-order valence-electron chi connectivity index (χ4n) is 1.36. The van der Waals surface area contributed by atoms with Crippen molar-refractivity contribution >= 4 is 5.97 Å². The molecule has 5 nitrogen and oxygen atoms in total. The molecule has 84 valence electrons. The normalized spacial score (nSPS) is 10.1. The smallest absolute Gasteiger partial charge is 0.374 e. The number of furan rings is 1. The Bertz CT molecular complexity index is 459. The van der Waals surface area contributed by atoms with Crippen LogP contribution in [0, 0.1) is 0 Å². The number of hydrogen-bond donors (Lipinski definition) is 1.